The third-order valence-corrected chi connectivity index (χ3v) is 8.08. The maximum atomic E-state index is 14.1. The van der Waals surface area contributed by atoms with Gasteiger partial charge >= 0.3 is 0 Å². The molecule has 12 heteroatoms. The average Bonchev–Trinajstić information content (AvgIpc) is 3.36. The molecular weight excluding hydrogens is 513 g/mol. The van der Waals surface area contributed by atoms with Crippen molar-refractivity contribution in [1.29, 1.82) is 0 Å². The van der Waals surface area contributed by atoms with Gasteiger partial charge in [-0.15, -0.1) is 0 Å². The van der Waals surface area contributed by atoms with E-state index in [1.165, 1.54) is 29.6 Å². The van der Waals surface area contributed by atoms with E-state index in [0.29, 0.717) is 13.1 Å². The Labute approximate surface area is 220 Å². The molecule has 0 saturated heterocycles. The van der Waals surface area contributed by atoms with Crippen molar-refractivity contribution in [3.63, 3.8) is 0 Å². The van der Waals surface area contributed by atoms with Crippen molar-refractivity contribution >= 4 is 21.9 Å². The molecule has 202 valence electrons. The largest absolute Gasteiger partial charge is 0.481 e. The van der Waals surface area contributed by atoms with Crippen molar-refractivity contribution in [2.45, 2.75) is 44.5 Å². The lowest BCUT2D eigenvalue weighted by Gasteiger charge is -2.28. The molecular formula is C26H30FN5O5S. The number of anilines is 1. The van der Waals surface area contributed by atoms with E-state index in [1.807, 2.05) is 30.3 Å². The van der Waals surface area contributed by atoms with Crippen LogP contribution in [-0.2, 0) is 29.7 Å². The van der Waals surface area contributed by atoms with Gasteiger partial charge in [0.1, 0.15) is 12.4 Å². The van der Waals surface area contributed by atoms with Crippen LogP contribution in [0.1, 0.15) is 35.5 Å². The van der Waals surface area contributed by atoms with Crippen LogP contribution in [0.2, 0.25) is 0 Å². The molecule has 1 N–H and O–H groups in total. The molecule has 0 fully saturated rings. The molecule has 4 rings (SSSR count). The molecule has 0 radical (unpaired) electrons. The number of hydrogen-bond donors (Lipinski definition) is 1. The van der Waals surface area contributed by atoms with Gasteiger partial charge in [-0.05, 0) is 37.1 Å². The van der Waals surface area contributed by atoms with Crippen molar-refractivity contribution in [3.05, 3.63) is 81.5 Å². The Morgan fingerprint density at radius 2 is 1.89 bits per heavy atom. The molecule has 1 aliphatic rings. The van der Waals surface area contributed by atoms with Crippen LogP contribution in [0.25, 0.3) is 0 Å². The van der Waals surface area contributed by atoms with E-state index in [-0.39, 0.29) is 41.0 Å². The lowest BCUT2D eigenvalue weighted by atomic mass is 10.1. The van der Waals surface area contributed by atoms with E-state index < -0.39 is 33.3 Å². The van der Waals surface area contributed by atoms with Crippen LogP contribution < -0.4 is 15.6 Å². The van der Waals surface area contributed by atoms with E-state index in [2.05, 4.69) is 10.3 Å². The monoisotopic (exact) mass is 543 g/mol. The second-order valence-electron chi connectivity index (χ2n) is 9.34. The number of benzene rings is 2. The molecule has 0 spiro atoms. The van der Waals surface area contributed by atoms with Gasteiger partial charge in [0.15, 0.2) is 5.69 Å². The molecule has 0 aliphatic carbocycles. The lowest BCUT2D eigenvalue weighted by Crippen LogP contribution is -2.39. The van der Waals surface area contributed by atoms with Gasteiger partial charge in [0, 0.05) is 39.8 Å². The molecule has 3 aromatic rings. The van der Waals surface area contributed by atoms with Crippen molar-refractivity contribution < 1.29 is 22.3 Å². The molecule has 0 saturated carbocycles. The first kappa shape index (κ1) is 27.3. The first-order valence-corrected chi connectivity index (χ1v) is 13.5. The zero-order valence-corrected chi connectivity index (χ0v) is 22.5. The van der Waals surface area contributed by atoms with Gasteiger partial charge in [-0.3, -0.25) is 14.2 Å². The Bertz CT molecular complexity index is 1510. The van der Waals surface area contributed by atoms with Gasteiger partial charge in [-0.1, -0.05) is 36.4 Å². The van der Waals surface area contributed by atoms with Crippen LogP contribution in [0.5, 0.6) is 5.75 Å². The lowest BCUT2D eigenvalue weighted by molar-refractivity contribution is 0.0676. The first-order chi connectivity index (χ1) is 18.0. The van der Waals surface area contributed by atoms with Crippen LogP contribution in [0.3, 0.4) is 0 Å². The second kappa shape index (κ2) is 10.9. The van der Waals surface area contributed by atoms with Crippen LogP contribution in [0.15, 0.2) is 58.2 Å². The number of carbonyl (C=O) groups is 1. The molecule has 1 aliphatic heterocycles. The highest BCUT2D eigenvalue weighted by Crippen LogP contribution is 2.26. The van der Waals surface area contributed by atoms with Gasteiger partial charge in [0.25, 0.3) is 11.5 Å². The Morgan fingerprint density at radius 3 is 2.55 bits per heavy atom. The number of nitrogens with one attached hydrogen (secondary N) is 1. The number of hydrogen-bond acceptors (Lipinski definition) is 7. The third-order valence-electron chi connectivity index (χ3n) is 6.19. The summed E-state index contributed by atoms with van der Waals surface area (Å²) in [4.78, 5) is 32.8. The van der Waals surface area contributed by atoms with E-state index in [0.717, 1.165) is 22.0 Å². The highest BCUT2D eigenvalue weighted by atomic mass is 32.2. The number of aromatic nitrogens is 2. The van der Waals surface area contributed by atoms with Crippen molar-refractivity contribution in [1.82, 2.24) is 18.8 Å². The predicted octanol–water partition coefficient (Wildman–Crippen LogP) is 2.69. The minimum atomic E-state index is -4.00. The summed E-state index contributed by atoms with van der Waals surface area (Å²) in [6.07, 6.45) is 0. The summed E-state index contributed by atoms with van der Waals surface area (Å²) < 4.78 is 48.2. The zero-order valence-electron chi connectivity index (χ0n) is 21.6. The highest BCUT2D eigenvalue weighted by molar-refractivity contribution is 7.89. The number of amides is 1. The Balaban J connectivity index is 1.76. The van der Waals surface area contributed by atoms with E-state index in [4.69, 9.17) is 4.74 Å². The number of fused-ring (bicyclic) bond motifs is 1. The molecule has 0 atom stereocenters. The molecule has 0 bridgehead atoms. The normalized spacial score (nSPS) is 12.9. The number of nitrogens with zero attached hydrogens (tertiary/aromatic N) is 4. The van der Waals surface area contributed by atoms with E-state index >= 15 is 0 Å². The average molecular weight is 544 g/mol. The quantitative estimate of drug-likeness (QED) is 0.441. The molecule has 0 unspecified atom stereocenters. The van der Waals surface area contributed by atoms with Gasteiger partial charge in [0.05, 0.1) is 4.90 Å². The Kier molecular flexibility index (Phi) is 7.83. The highest BCUT2D eigenvalue weighted by Gasteiger charge is 2.31. The summed E-state index contributed by atoms with van der Waals surface area (Å²) in [6, 6.07) is 12.2. The molecule has 10 nitrogen and oxygen atoms in total. The number of carbonyl (C=O) groups excluding carboxylic acids is 1. The minimum absolute atomic E-state index is 0.0513. The SMILES string of the molecule is CC(C)N(Cc1ccc(F)cc1S(=O)(=O)N(C)C)C(=O)c1nc2n(c(=O)c1OCc1ccccc1)CCN2. The second-order valence-corrected chi connectivity index (χ2v) is 11.5. The summed E-state index contributed by atoms with van der Waals surface area (Å²) in [7, 11) is -1.31. The maximum Gasteiger partial charge on any atom is 0.298 e. The van der Waals surface area contributed by atoms with E-state index in [9.17, 15) is 22.4 Å². The summed E-state index contributed by atoms with van der Waals surface area (Å²) in [5, 5.41) is 3.00. The van der Waals surface area contributed by atoms with Gasteiger partial charge < -0.3 is 15.0 Å². The predicted molar refractivity (Wildman–Crippen MR) is 140 cm³/mol. The molecule has 1 aromatic heterocycles. The number of rotatable bonds is 9. The fourth-order valence-electron chi connectivity index (χ4n) is 4.07. The smallest absolute Gasteiger partial charge is 0.298 e. The molecule has 1 amide bonds. The molecule has 38 heavy (non-hydrogen) atoms. The summed E-state index contributed by atoms with van der Waals surface area (Å²) in [5.41, 5.74) is 0.365. The first-order valence-electron chi connectivity index (χ1n) is 12.1. The van der Waals surface area contributed by atoms with Gasteiger partial charge in [-0.2, -0.15) is 0 Å². The van der Waals surface area contributed by atoms with E-state index in [1.54, 1.807) is 13.8 Å². The Hall–Kier alpha value is -3.77. The summed E-state index contributed by atoms with van der Waals surface area (Å²) in [5.74, 6) is -1.26. The number of sulfonamides is 1. The zero-order chi connectivity index (χ0) is 27.6. The fraction of sp³-hybridized carbons (Fsp3) is 0.346. The number of ether oxygens (including phenoxy) is 1. The van der Waals surface area contributed by atoms with Crippen molar-refractivity contribution in [2.24, 2.45) is 0 Å². The topological polar surface area (TPSA) is 114 Å². The van der Waals surface area contributed by atoms with Crippen molar-refractivity contribution in [2.75, 3.05) is 26.0 Å². The fourth-order valence-corrected chi connectivity index (χ4v) is 5.19. The van der Waals surface area contributed by atoms with Crippen LogP contribution in [0.4, 0.5) is 10.3 Å². The standard InChI is InChI=1S/C26H30FN5O5S/c1-17(2)32(15-19-10-11-20(27)14-21(19)38(35,36)30(3)4)24(33)22-23(37-16-18-8-6-5-7-9-18)25(34)31-13-12-28-26(31)29-22/h5-11,14,17H,12-13,15-16H2,1-4H3,(H,28,29). The summed E-state index contributed by atoms with van der Waals surface area (Å²) in [6.45, 7) is 4.26. The van der Waals surface area contributed by atoms with Gasteiger partial charge in [-0.25, -0.2) is 22.1 Å². The van der Waals surface area contributed by atoms with Crippen LogP contribution in [-0.4, -0.2) is 59.8 Å². The van der Waals surface area contributed by atoms with Crippen LogP contribution in [0, 0.1) is 5.82 Å². The van der Waals surface area contributed by atoms with Gasteiger partial charge in [0.2, 0.25) is 21.7 Å². The van der Waals surface area contributed by atoms with Crippen LogP contribution >= 0.6 is 0 Å². The number of halogens is 1. The molecule has 2 aromatic carbocycles. The molecule has 2 heterocycles. The maximum absolute atomic E-state index is 14.1. The summed E-state index contributed by atoms with van der Waals surface area (Å²) >= 11 is 0. The third kappa shape index (κ3) is 5.41. The Morgan fingerprint density at radius 1 is 1.18 bits per heavy atom. The van der Waals surface area contributed by atoms with Crippen molar-refractivity contribution in [3.8, 4) is 5.75 Å². The minimum Gasteiger partial charge on any atom is -0.481 e.